The second-order valence-corrected chi connectivity index (χ2v) is 3.55. The van der Waals surface area contributed by atoms with Crippen LogP contribution >= 0.6 is 11.6 Å². The molecule has 0 fully saturated rings. The third-order valence-corrected chi connectivity index (χ3v) is 2.55. The van der Waals surface area contributed by atoms with E-state index in [-0.39, 0.29) is 24.2 Å². The Kier molecular flexibility index (Phi) is 3.52. The Morgan fingerprint density at radius 2 is 2.36 bits per heavy atom. The molecule has 0 saturated heterocycles. The molecule has 1 rings (SSSR count). The van der Waals surface area contributed by atoms with Gasteiger partial charge in [0, 0.05) is 11.6 Å². The maximum atomic E-state index is 11.2. The van der Waals surface area contributed by atoms with E-state index in [1.54, 1.807) is 6.08 Å². The molecule has 5 heteroatoms. The van der Waals surface area contributed by atoms with Crippen molar-refractivity contribution >= 4 is 23.5 Å². The smallest absolute Gasteiger partial charge is 0.407 e. The van der Waals surface area contributed by atoms with Crippen molar-refractivity contribution in [1.82, 2.24) is 4.90 Å². The number of Topliss-reactive ketones (excluding diaryl/α,β-unsaturated/α-hetero) is 1. The van der Waals surface area contributed by atoms with Crippen LogP contribution in [0.3, 0.4) is 0 Å². The number of ketones is 1. The summed E-state index contributed by atoms with van der Waals surface area (Å²) in [5, 5.41) is 8.84. The van der Waals surface area contributed by atoms with Crippen molar-refractivity contribution in [1.29, 1.82) is 0 Å². The Balaban J connectivity index is 2.76. The van der Waals surface area contributed by atoms with E-state index in [1.165, 1.54) is 4.90 Å². The van der Waals surface area contributed by atoms with Crippen LogP contribution in [0.2, 0.25) is 0 Å². The average Bonchev–Trinajstić information content (AvgIpc) is 2.17. The number of carboxylic acid groups (broad SMARTS) is 1. The van der Waals surface area contributed by atoms with Crippen molar-refractivity contribution in [2.45, 2.75) is 19.4 Å². The normalized spacial score (nSPS) is 21.7. The maximum absolute atomic E-state index is 11.2. The van der Waals surface area contributed by atoms with E-state index in [2.05, 4.69) is 0 Å². The standard InChI is InChI=1S/C9H12ClNO3/c1-6-2-3-7(8(12)4-10)5-11(6)9(13)14/h3,6H,2,4-5H2,1H3,(H,13,14). The summed E-state index contributed by atoms with van der Waals surface area (Å²) in [6, 6.07) is -0.0700. The second-order valence-electron chi connectivity index (χ2n) is 3.28. The number of hydrogen-bond donors (Lipinski definition) is 1. The Morgan fingerprint density at radius 1 is 1.71 bits per heavy atom. The molecular formula is C9H12ClNO3. The van der Waals surface area contributed by atoms with Crippen LogP contribution in [0, 0.1) is 0 Å². The van der Waals surface area contributed by atoms with Crippen molar-refractivity contribution in [2.75, 3.05) is 12.4 Å². The molecule has 1 amide bonds. The molecule has 1 aliphatic rings. The van der Waals surface area contributed by atoms with E-state index in [1.807, 2.05) is 6.92 Å². The first-order valence-corrected chi connectivity index (χ1v) is 4.87. The predicted octanol–water partition coefficient (Wildman–Crippen LogP) is 1.49. The van der Waals surface area contributed by atoms with Gasteiger partial charge in [0.1, 0.15) is 0 Å². The number of halogens is 1. The fourth-order valence-electron chi connectivity index (χ4n) is 1.39. The van der Waals surface area contributed by atoms with Gasteiger partial charge in [-0.25, -0.2) is 4.79 Å². The molecule has 1 unspecified atom stereocenters. The first-order valence-electron chi connectivity index (χ1n) is 4.34. The van der Waals surface area contributed by atoms with E-state index in [9.17, 15) is 9.59 Å². The summed E-state index contributed by atoms with van der Waals surface area (Å²) in [6.45, 7) is 1.97. The molecule has 14 heavy (non-hydrogen) atoms. The van der Waals surface area contributed by atoms with Gasteiger partial charge in [0.15, 0.2) is 5.78 Å². The monoisotopic (exact) mass is 217 g/mol. The summed E-state index contributed by atoms with van der Waals surface area (Å²) in [5.74, 6) is -0.280. The molecule has 0 aromatic carbocycles. The molecule has 0 aromatic rings. The molecule has 78 valence electrons. The van der Waals surface area contributed by atoms with Gasteiger partial charge in [0.2, 0.25) is 0 Å². The third kappa shape index (κ3) is 2.26. The number of nitrogens with zero attached hydrogens (tertiary/aromatic N) is 1. The van der Waals surface area contributed by atoms with Crippen LogP contribution in [-0.4, -0.2) is 40.3 Å². The fraction of sp³-hybridized carbons (Fsp3) is 0.556. The zero-order chi connectivity index (χ0) is 10.7. The number of alkyl halides is 1. The van der Waals surface area contributed by atoms with Crippen molar-refractivity contribution in [2.24, 2.45) is 0 Å². The van der Waals surface area contributed by atoms with Crippen LogP contribution in [-0.2, 0) is 4.79 Å². The predicted molar refractivity (Wildman–Crippen MR) is 52.6 cm³/mol. The quantitative estimate of drug-likeness (QED) is 0.713. The van der Waals surface area contributed by atoms with Crippen LogP contribution in [0.5, 0.6) is 0 Å². The maximum Gasteiger partial charge on any atom is 0.407 e. The SMILES string of the molecule is CC1CC=C(C(=O)CCl)CN1C(=O)O. The van der Waals surface area contributed by atoms with Crippen LogP contribution in [0.15, 0.2) is 11.6 Å². The van der Waals surface area contributed by atoms with Gasteiger partial charge in [0.25, 0.3) is 0 Å². The molecule has 1 N–H and O–H groups in total. The van der Waals surface area contributed by atoms with Gasteiger partial charge in [-0.05, 0) is 13.3 Å². The Labute approximate surface area is 87.1 Å². The number of amides is 1. The molecule has 4 nitrogen and oxygen atoms in total. The summed E-state index contributed by atoms with van der Waals surface area (Å²) >= 11 is 5.39. The number of rotatable bonds is 2. The van der Waals surface area contributed by atoms with E-state index in [0.29, 0.717) is 12.0 Å². The Hall–Kier alpha value is -1.03. The average molecular weight is 218 g/mol. The summed E-state index contributed by atoms with van der Waals surface area (Å²) in [7, 11) is 0. The minimum Gasteiger partial charge on any atom is -0.465 e. The minimum atomic E-state index is -0.995. The van der Waals surface area contributed by atoms with Gasteiger partial charge < -0.3 is 10.0 Å². The van der Waals surface area contributed by atoms with Gasteiger partial charge in [-0.1, -0.05) is 6.08 Å². The van der Waals surface area contributed by atoms with Crippen LogP contribution in [0.25, 0.3) is 0 Å². The van der Waals surface area contributed by atoms with E-state index in [0.717, 1.165) is 0 Å². The van der Waals surface area contributed by atoms with E-state index < -0.39 is 6.09 Å². The number of hydrogen-bond acceptors (Lipinski definition) is 2. The van der Waals surface area contributed by atoms with Gasteiger partial charge in [-0.3, -0.25) is 4.79 Å². The lowest BCUT2D eigenvalue weighted by atomic mass is 10.0. The van der Waals surface area contributed by atoms with Crippen molar-refractivity contribution in [3.05, 3.63) is 11.6 Å². The van der Waals surface area contributed by atoms with Crippen molar-refractivity contribution in [3.63, 3.8) is 0 Å². The summed E-state index contributed by atoms with van der Waals surface area (Å²) in [5.41, 5.74) is 0.500. The first kappa shape index (κ1) is 11.0. The zero-order valence-corrected chi connectivity index (χ0v) is 8.62. The zero-order valence-electron chi connectivity index (χ0n) is 7.86. The van der Waals surface area contributed by atoms with Crippen molar-refractivity contribution < 1.29 is 14.7 Å². The van der Waals surface area contributed by atoms with Gasteiger partial charge >= 0.3 is 6.09 Å². The minimum absolute atomic E-state index is 0.0700. The Bertz CT molecular complexity index is 288. The van der Waals surface area contributed by atoms with Gasteiger partial charge in [-0.15, -0.1) is 11.6 Å². The lowest BCUT2D eigenvalue weighted by Gasteiger charge is -2.30. The first-order chi connectivity index (χ1) is 6.56. The molecule has 0 aliphatic carbocycles. The molecule has 0 saturated carbocycles. The molecule has 0 bridgehead atoms. The van der Waals surface area contributed by atoms with E-state index >= 15 is 0 Å². The summed E-state index contributed by atoms with van der Waals surface area (Å²) in [4.78, 5) is 23.2. The largest absolute Gasteiger partial charge is 0.465 e. The van der Waals surface area contributed by atoms with Crippen LogP contribution < -0.4 is 0 Å². The lowest BCUT2D eigenvalue weighted by Crippen LogP contribution is -2.42. The van der Waals surface area contributed by atoms with Crippen LogP contribution in [0.1, 0.15) is 13.3 Å². The lowest BCUT2D eigenvalue weighted by molar-refractivity contribution is -0.113. The molecular weight excluding hydrogens is 206 g/mol. The molecule has 0 aromatic heterocycles. The summed E-state index contributed by atoms with van der Waals surface area (Å²) in [6.07, 6.45) is 1.35. The second kappa shape index (κ2) is 4.46. The topological polar surface area (TPSA) is 57.6 Å². The number of carbonyl (C=O) groups is 2. The highest BCUT2D eigenvalue weighted by atomic mass is 35.5. The van der Waals surface area contributed by atoms with Crippen LogP contribution in [0.4, 0.5) is 4.79 Å². The highest BCUT2D eigenvalue weighted by molar-refractivity contribution is 6.30. The highest BCUT2D eigenvalue weighted by Crippen LogP contribution is 2.17. The Morgan fingerprint density at radius 3 is 2.86 bits per heavy atom. The molecule has 1 aliphatic heterocycles. The van der Waals surface area contributed by atoms with E-state index in [4.69, 9.17) is 16.7 Å². The molecule has 1 atom stereocenters. The fourth-order valence-corrected chi connectivity index (χ4v) is 1.56. The van der Waals surface area contributed by atoms with Crippen molar-refractivity contribution in [3.8, 4) is 0 Å². The third-order valence-electron chi connectivity index (χ3n) is 2.30. The highest BCUT2D eigenvalue weighted by Gasteiger charge is 2.25. The molecule has 0 radical (unpaired) electrons. The van der Waals surface area contributed by atoms with Gasteiger partial charge in [0.05, 0.1) is 12.4 Å². The molecule has 0 spiro atoms. The number of carbonyl (C=O) groups excluding carboxylic acids is 1. The molecule has 1 heterocycles. The van der Waals surface area contributed by atoms with Gasteiger partial charge in [-0.2, -0.15) is 0 Å². The summed E-state index contributed by atoms with van der Waals surface area (Å²) < 4.78 is 0.